The van der Waals surface area contributed by atoms with Gasteiger partial charge in [-0.1, -0.05) is 83.1 Å². The molecule has 4 heterocycles. The molecule has 0 aliphatic carbocycles. The summed E-state index contributed by atoms with van der Waals surface area (Å²) in [5.41, 5.74) is 4.05. The predicted molar refractivity (Wildman–Crippen MR) is 213 cm³/mol. The van der Waals surface area contributed by atoms with E-state index >= 15 is 0 Å². The number of aromatic nitrogens is 8. The Morgan fingerprint density at radius 3 is 0.600 bits per heavy atom. The van der Waals surface area contributed by atoms with E-state index in [2.05, 4.69) is 123 Å². The number of hydrogen-bond acceptors (Lipinski definition) is 8. The van der Waals surface area contributed by atoms with Crippen molar-refractivity contribution in [3.8, 4) is 0 Å². The second-order valence-corrected chi connectivity index (χ2v) is 27.7. The molecule has 4 rings (SSSR count). The summed E-state index contributed by atoms with van der Waals surface area (Å²) >= 11 is 0. The topological polar surface area (TPSA) is 103 Å². The van der Waals surface area contributed by atoms with Crippen molar-refractivity contribution in [2.75, 3.05) is 24.6 Å². The number of rotatable bonds is 10. The summed E-state index contributed by atoms with van der Waals surface area (Å²) in [6, 6.07) is 7.55. The van der Waals surface area contributed by atoms with Gasteiger partial charge in [0, 0.05) is 49.6 Å². The Morgan fingerprint density at radius 2 is 0.480 bits per heavy atom. The number of halogens is 1. The first-order valence-corrected chi connectivity index (χ1v) is 22.7. The summed E-state index contributed by atoms with van der Waals surface area (Å²) in [6.45, 7) is 27.6. The van der Waals surface area contributed by atoms with Crippen molar-refractivity contribution < 1.29 is 34.8 Å². The minimum Gasteiger partial charge on any atom is -1.00 e. The van der Waals surface area contributed by atoms with Crippen LogP contribution in [0.1, 0.15) is 83.1 Å². The first-order valence-electron chi connectivity index (χ1n) is 16.6. The fourth-order valence-corrected chi connectivity index (χ4v) is 15.8. The normalized spacial score (nSPS) is 14.5. The van der Waals surface area contributed by atoms with Crippen molar-refractivity contribution in [2.45, 2.75) is 104 Å². The van der Waals surface area contributed by atoms with Gasteiger partial charge >= 0.3 is 22.4 Å². The van der Waals surface area contributed by atoms with Crippen molar-refractivity contribution in [3.05, 3.63) is 73.8 Å². The van der Waals surface area contributed by atoms with Gasteiger partial charge in [-0.25, -0.2) is 39.9 Å². The Bertz CT molecular complexity index is 1260. The maximum Gasteiger partial charge on any atom is 1.00 e. The largest absolute Gasteiger partial charge is 1.00 e. The average Bonchev–Trinajstić information content (AvgIpc) is 3.01. The number of hydrogen-bond donors (Lipinski definition) is 0. The molecular weight excluding hydrogens is 901 g/mol. The summed E-state index contributed by atoms with van der Waals surface area (Å²) in [5, 5.41) is 0.750. The molecule has 0 saturated heterocycles. The summed E-state index contributed by atoms with van der Waals surface area (Å²) in [6.07, 6.45) is 19.3. The molecule has 0 radical (unpaired) electrons. The molecule has 4 atom stereocenters. The summed E-state index contributed by atoms with van der Waals surface area (Å²) in [5.74, 6) is 0. The molecular formula is C36H56AuClN8P4. The second kappa shape index (κ2) is 21.1. The van der Waals surface area contributed by atoms with E-state index in [4.69, 9.17) is 0 Å². The molecule has 4 aromatic heterocycles. The van der Waals surface area contributed by atoms with Gasteiger partial charge in [0.05, 0.1) is 0 Å². The van der Waals surface area contributed by atoms with Crippen molar-refractivity contribution in [3.63, 3.8) is 0 Å². The van der Waals surface area contributed by atoms with Crippen molar-refractivity contribution >= 4 is 53.9 Å². The first kappa shape index (κ1) is 47.1. The Balaban J connectivity index is 0.000000481. The second-order valence-electron chi connectivity index (χ2n) is 15.5. The van der Waals surface area contributed by atoms with Crippen LogP contribution in [0.15, 0.2) is 73.8 Å². The zero-order valence-corrected chi connectivity index (χ0v) is 38.3. The third kappa shape index (κ3) is 15.2. The van der Waals surface area contributed by atoms with Gasteiger partial charge in [0.1, 0.15) is 0 Å². The molecule has 4 aromatic rings. The molecule has 278 valence electrons. The van der Waals surface area contributed by atoms with E-state index in [0.717, 1.165) is 46.9 Å². The number of nitrogens with zero attached hydrogens (tertiary/aromatic N) is 8. The molecule has 14 heteroatoms. The minimum atomic E-state index is -0.428. The fourth-order valence-electron chi connectivity index (χ4n) is 5.06. The SMILES string of the molecule is CC(C)(C)[P@@](CC[P@@](c1ncccn1)C(C)(C)C)c1ncccn1.CC(C)(C)[P@@](CC[P@@](c1ncccn1)C(C)(C)C)c1ncccn1.[Au+].[Cl-]. The Kier molecular flexibility index (Phi) is 19.9. The quantitative estimate of drug-likeness (QED) is 0.169. The van der Waals surface area contributed by atoms with Crippen LogP contribution in [0.2, 0.25) is 0 Å². The van der Waals surface area contributed by atoms with E-state index in [0.29, 0.717) is 0 Å². The van der Waals surface area contributed by atoms with Gasteiger partial charge < -0.3 is 12.4 Å². The molecule has 0 aromatic carbocycles. The predicted octanol–water partition coefficient (Wildman–Crippen LogP) is 4.56. The van der Waals surface area contributed by atoms with Crippen LogP contribution < -0.4 is 34.7 Å². The third-order valence-electron chi connectivity index (χ3n) is 7.51. The van der Waals surface area contributed by atoms with Crippen molar-refractivity contribution in [2.24, 2.45) is 0 Å². The Labute approximate surface area is 328 Å². The van der Waals surface area contributed by atoms with E-state index < -0.39 is 31.7 Å². The van der Waals surface area contributed by atoms with Gasteiger partial charge in [-0.2, -0.15) is 0 Å². The summed E-state index contributed by atoms with van der Waals surface area (Å²) in [7, 11) is -1.71. The fraction of sp³-hybridized carbons (Fsp3) is 0.556. The van der Waals surface area contributed by atoms with Crippen LogP contribution in [-0.4, -0.2) is 85.1 Å². The van der Waals surface area contributed by atoms with Gasteiger partial charge in [-0.15, -0.1) is 0 Å². The first-order chi connectivity index (χ1) is 22.4. The molecule has 0 N–H and O–H groups in total. The minimum absolute atomic E-state index is 0. The van der Waals surface area contributed by atoms with Gasteiger partial charge in [0.25, 0.3) is 0 Å². The summed E-state index contributed by atoms with van der Waals surface area (Å²) < 4.78 is 0. The molecule has 0 spiro atoms. The summed E-state index contributed by atoms with van der Waals surface area (Å²) in [4.78, 5) is 36.4. The van der Waals surface area contributed by atoms with Crippen LogP contribution in [0.4, 0.5) is 0 Å². The van der Waals surface area contributed by atoms with E-state index in [1.54, 1.807) is 0 Å². The molecule has 8 nitrogen and oxygen atoms in total. The zero-order chi connectivity index (χ0) is 35.6. The monoisotopic (exact) mass is 956 g/mol. The molecule has 0 amide bonds. The van der Waals surface area contributed by atoms with Crippen LogP contribution in [0.3, 0.4) is 0 Å². The van der Waals surface area contributed by atoms with E-state index in [1.807, 2.05) is 73.8 Å². The zero-order valence-electron chi connectivity index (χ0n) is 31.8. The van der Waals surface area contributed by atoms with Crippen LogP contribution >= 0.6 is 31.7 Å². The third-order valence-corrected chi connectivity index (χ3v) is 20.2. The smallest absolute Gasteiger partial charge is 1.00 e. The van der Waals surface area contributed by atoms with Crippen LogP contribution in [0, 0.1) is 0 Å². The van der Waals surface area contributed by atoms with Crippen LogP contribution in [0.25, 0.3) is 0 Å². The Morgan fingerprint density at radius 1 is 0.340 bits per heavy atom. The van der Waals surface area contributed by atoms with E-state index in [1.165, 1.54) is 0 Å². The van der Waals surface area contributed by atoms with Crippen LogP contribution in [0.5, 0.6) is 0 Å². The molecule has 0 aliphatic heterocycles. The van der Waals surface area contributed by atoms with E-state index in [9.17, 15) is 0 Å². The van der Waals surface area contributed by atoms with Gasteiger partial charge in [0.2, 0.25) is 0 Å². The van der Waals surface area contributed by atoms with Crippen molar-refractivity contribution in [1.29, 1.82) is 0 Å². The van der Waals surface area contributed by atoms with Gasteiger partial charge in [-0.05, 0) is 101 Å². The van der Waals surface area contributed by atoms with E-state index in [-0.39, 0.29) is 55.4 Å². The standard InChI is InChI=1S/2C18H28N4P2.Au.ClH/c2*1-17(2,3)23(15-19-9-7-10-20-15)13-14-24(18(4,5)6)16-21-11-8-12-22-16;;/h2*7-12H,13-14H2,1-6H3;;1H/q;;+1;/p-1/t2*23-,24-;;/m00../s1. The molecule has 0 bridgehead atoms. The molecule has 50 heavy (non-hydrogen) atoms. The molecule has 0 saturated carbocycles. The van der Waals surface area contributed by atoms with Gasteiger partial charge in [-0.3, -0.25) is 0 Å². The molecule has 0 aliphatic rings. The van der Waals surface area contributed by atoms with Crippen LogP contribution in [-0.2, 0) is 22.4 Å². The average molecular weight is 957 g/mol. The molecule has 0 fully saturated rings. The molecule has 0 unspecified atom stereocenters. The maximum absolute atomic E-state index is 4.55. The van der Waals surface area contributed by atoms with Crippen molar-refractivity contribution in [1.82, 2.24) is 39.9 Å². The Hall–Kier alpha value is -0.930. The van der Waals surface area contributed by atoms with Gasteiger partial charge in [0.15, 0.2) is 22.3 Å². The maximum atomic E-state index is 4.55.